The topological polar surface area (TPSA) is 127 Å². The maximum absolute atomic E-state index is 11.8. The van der Waals surface area contributed by atoms with Crippen molar-refractivity contribution >= 4 is 15.8 Å². The maximum Gasteiger partial charge on any atom is 0.241 e. The first-order chi connectivity index (χ1) is 8.08. The molecule has 2 aromatic rings. The van der Waals surface area contributed by atoms with E-state index < -0.39 is 10.0 Å². The van der Waals surface area contributed by atoms with Crippen molar-refractivity contribution in [1.82, 2.24) is 24.9 Å². The van der Waals surface area contributed by atoms with Crippen LogP contribution in [0.25, 0.3) is 0 Å². The van der Waals surface area contributed by atoms with E-state index in [4.69, 9.17) is 5.73 Å². The number of anilines is 1. The predicted molar refractivity (Wildman–Crippen MR) is 59.1 cm³/mol. The monoisotopic (exact) mass is 254 g/mol. The van der Waals surface area contributed by atoms with Crippen molar-refractivity contribution < 1.29 is 8.42 Å². The van der Waals surface area contributed by atoms with Crippen molar-refractivity contribution in [1.29, 1.82) is 0 Å². The van der Waals surface area contributed by atoms with Gasteiger partial charge in [0, 0.05) is 12.3 Å². The number of nitrogen functional groups attached to an aromatic ring is 1. The summed E-state index contributed by atoms with van der Waals surface area (Å²) in [5.74, 6) is 0.572. The molecule has 0 aliphatic carbocycles. The van der Waals surface area contributed by atoms with Gasteiger partial charge in [0.15, 0.2) is 0 Å². The van der Waals surface area contributed by atoms with Crippen molar-refractivity contribution in [3.05, 3.63) is 30.5 Å². The first-order valence-corrected chi connectivity index (χ1v) is 6.12. The van der Waals surface area contributed by atoms with E-state index in [1.807, 2.05) is 0 Å². The number of nitrogens with zero attached hydrogens (tertiary/aromatic N) is 3. The minimum absolute atomic E-state index is 0.0323. The van der Waals surface area contributed by atoms with Crippen molar-refractivity contribution in [2.75, 3.05) is 5.73 Å². The van der Waals surface area contributed by atoms with E-state index in [0.29, 0.717) is 5.82 Å². The van der Waals surface area contributed by atoms with Crippen molar-refractivity contribution in [2.24, 2.45) is 0 Å². The Labute approximate surface area is 97.3 Å². The molecular weight excluding hydrogens is 244 g/mol. The molecule has 4 N–H and O–H groups in total. The highest BCUT2D eigenvalue weighted by molar-refractivity contribution is 7.89. The van der Waals surface area contributed by atoms with Gasteiger partial charge in [0.1, 0.15) is 18.0 Å². The first-order valence-electron chi connectivity index (χ1n) is 4.63. The average molecular weight is 254 g/mol. The Kier molecular flexibility index (Phi) is 3.02. The Morgan fingerprint density at radius 2 is 2.24 bits per heavy atom. The lowest BCUT2D eigenvalue weighted by molar-refractivity contribution is 0.579. The van der Waals surface area contributed by atoms with Gasteiger partial charge < -0.3 is 5.73 Å². The van der Waals surface area contributed by atoms with Crippen LogP contribution in [0.15, 0.2) is 29.6 Å². The molecule has 90 valence electrons. The summed E-state index contributed by atoms with van der Waals surface area (Å²) in [5, 5.41) is 6.16. The number of H-pyrrole nitrogens is 1. The summed E-state index contributed by atoms with van der Waals surface area (Å²) in [5.41, 5.74) is 5.41. The third-order valence-corrected chi connectivity index (χ3v) is 3.36. The first kappa shape index (κ1) is 11.5. The second-order valence-corrected chi connectivity index (χ2v) is 4.94. The molecule has 0 saturated heterocycles. The standard InChI is InChI=1S/C8H10N6O2S/c9-7-3-6(1-2-10-7)17(15,16)13-4-8-11-5-12-14-8/h1-3,5,13H,4H2,(H2,9,10)(H,11,12,14). The second kappa shape index (κ2) is 4.47. The van der Waals surface area contributed by atoms with Crippen molar-refractivity contribution in [3.8, 4) is 0 Å². The summed E-state index contributed by atoms with van der Waals surface area (Å²) < 4.78 is 26.0. The van der Waals surface area contributed by atoms with Gasteiger partial charge in [-0.1, -0.05) is 0 Å². The van der Waals surface area contributed by atoms with Gasteiger partial charge in [-0.25, -0.2) is 23.1 Å². The number of aromatic amines is 1. The molecule has 17 heavy (non-hydrogen) atoms. The van der Waals surface area contributed by atoms with Crippen LogP contribution in [0, 0.1) is 0 Å². The molecule has 0 fully saturated rings. The van der Waals surface area contributed by atoms with Crippen LogP contribution in [0.5, 0.6) is 0 Å². The van der Waals surface area contributed by atoms with Gasteiger partial charge in [-0.3, -0.25) is 5.10 Å². The van der Waals surface area contributed by atoms with Gasteiger partial charge in [-0.15, -0.1) is 0 Å². The van der Waals surface area contributed by atoms with Crippen LogP contribution in [0.4, 0.5) is 5.82 Å². The quantitative estimate of drug-likeness (QED) is 0.659. The summed E-state index contributed by atoms with van der Waals surface area (Å²) in [6, 6.07) is 2.64. The molecule has 0 bridgehead atoms. The highest BCUT2D eigenvalue weighted by Gasteiger charge is 2.14. The van der Waals surface area contributed by atoms with E-state index in [0.717, 1.165) is 0 Å². The molecule has 8 nitrogen and oxygen atoms in total. The fourth-order valence-electron chi connectivity index (χ4n) is 1.16. The Hall–Kier alpha value is -2.00. The Morgan fingerprint density at radius 3 is 2.88 bits per heavy atom. The lowest BCUT2D eigenvalue weighted by Gasteiger charge is -2.05. The zero-order chi connectivity index (χ0) is 12.3. The Morgan fingerprint density at radius 1 is 1.41 bits per heavy atom. The molecule has 0 unspecified atom stereocenters. The molecule has 0 atom stereocenters. The highest BCUT2D eigenvalue weighted by atomic mass is 32.2. The van der Waals surface area contributed by atoms with E-state index >= 15 is 0 Å². The number of sulfonamides is 1. The van der Waals surface area contributed by atoms with Crippen molar-refractivity contribution in [3.63, 3.8) is 0 Å². The van der Waals surface area contributed by atoms with E-state index in [9.17, 15) is 8.42 Å². The highest BCUT2D eigenvalue weighted by Crippen LogP contribution is 2.10. The molecule has 0 saturated carbocycles. The van der Waals surface area contributed by atoms with Crippen LogP contribution < -0.4 is 10.5 Å². The molecule has 0 spiro atoms. The molecule has 0 aliphatic heterocycles. The van der Waals surface area contributed by atoms with Gasteiger partial charge in [0.2, 0.25) is 10.0 Å². The van der Waals surface area contributed by atoms with Gasteiger partial charge in [0.25, 0.3) is 0 Å². The molecular formula is C8H10N6O2S. The third-order valence-electron chi connectivity index (χ3n) is 1.96. The molecule has 0 aromatic carbocycles. The lowest BCUT2D eigenvalue weighted by atomic mass is 10.5. The summed E-state index contributed by atoms with van der Waals surface area (Å²) in [7, 11) is -3.62. The molecule has 2 heterocycles. The molecule has 0 radical (unpaired) electrons. The number of pyridine rings is 1. The minimum Gasteiger partial charge on any atom is -0.384 e. The summed E-state index contributed by atoms with van der Waals surface area (Å²) >= 11 is 0. The summed E-state index contributed by atoms with van der Waals surface area (Å²) in [4.78, 5) is 7.58. The fraction of sp³-hybridized carbons (Fsp3) is 0.125. The predicted octanol–water partition coefficient (Wildman–Crippen LogP) is -0.740. The van der Waals surface area contributed by atoms with E-state index in [2.05, 4.69) is 24.9 Å². The number of nitrogens with two attached hydrogens (primary N) is 1. The SMILES string of the molecule is Nc1cc(S(=O)(=O)NCc2ncn[nH]2)ccn1. The van der Waals surface area contributed by atoms with Crippen molar-refractivity contribution in [2.45, 2.75) is 11.4 Å². The number of nitrogens with one attached hydrogen (secondary N) is 2. The zero-order valence-electron chi connectivity index (χ0n) is 8.66. The summed E-state index contributed by atoms with van der Waals surface area (Å²) in [6.07, 6.45) is 2.63. The number of hydrogen-bond donors (Lipinski definition) is 3. The fourth-order valence-corrected chi connectivity index (χ4v) is 2.17. The van der Waals surface area contributed by atoms with Gasteiger partial charge in [-0.05, 0) is 6.07 Å². The normalized spacial score (nSPS) is 11.5. The number of rotatable bonds is 4. The number of hydrogen-bond acceptors (Lipinski definition) is 6. The number of aromatic nitrogens is 4. The average Bonchev–Trinajstić information content (AvgIpc) is 2.79. The lowest BCUT2D eigenvalue weighted by Crippen LogP contribution is -2.24. The Balaban J connectivity index is 2.14. The van der Waals surface area contributed by atoms with Crippen LogP contribution in [-0.2, 0) is 16.6 Å². The van der Waals surface area contributed by atoms with Crippen LogP contribution in [0.3, 0.4) is 0 Å². The molecule has 0 amide bonds. The van der Waals surface area contributed by atoms with E-state index in [-0.39, 0.29) is 17.3 Å². The molecule has 2 rings (SSSR count). The minimum atomic E-state index is -3.62. The van der Waals surface area contributed by atoms with E-state index in [1.54, 1.807) is 0 Å². The van der Waals surface area contributed by atoms with Crippen LogP contribution in [0.1, 0.15) is 5.82 Å². The van der Waals surface area contributed by atoms with Crippen LogP contribution >= 0.6 is 0 Å². The second-order valence-electron chi connectivity index (χ2n) is 3.17. The molecule has 9 heteroatoms. The summed E-state index contributed by atoms with van der Waals surface area (Å²) in [6.45, 7) is 0.0323. The molecule has 0 aliphatic rings. The largest absolute Gasteiger partial charge is 0.384 e. The maximum atomic E-state index is 11.8. The molecule has 2 aromatic heterocycles. The third kappa shape index (κ3) is 2.77. The zero-order valence-corrected chi connectivity index (χ0v) is 9.48. The van der Waals surface area contributed by atoms with E-state index in [1.165, 1.54) is 24.7 Å². The van der Waals surface area contributed by atoms with Crippen LogP contribution in [-0.4, -0.2) is 28.6 Å². The Bertz CT molecular complexity index is 594. The van der Waals surface area contributed by atoms with Gasteiger partial charge >= 0.3 is 0 Å². The van der Waals surface area contributed by atoms with Gasteiger partial charge in [-0.2, -0.15) is 5.10 Å². The smallest absolute Gasteiger partial charge is 0.241 e. The van der Waals surface area contributed by atoms with Gasteiger partial charge in [0.05, 0.1) is 11.4 Å². The van der Waals surface area contributed by atoms with Crippen LogP contribution in [0.2, 0.25) is 0 Å².